The Bertz CT molecular complexity index is 209. The lowest BCUT2D eigenvalue weighted by Gasteiger charge is -1.96. The Hall–Kier alpha value is -1.03. The Morgan fingerprint density at radius 3 is 2.33 bits per heavy atom. The highest BCUT2D eigenvalue weighted by atomic mass is 35.5. The predicted octanol–water partition coefficient (Wildman–Crippen LogP) is 0.845. The normalized spacial score (nSPS) is 10.8. The van der Waals surface area contributed by atoms with Crippen LogP contribution in [0.4, 0.5) is 0 Å². The van der Waals surface area contributed by atoms with Crippen molar-refractivity contribution in [2.24, 2.45) is 0 Å². The fourth-order valence-electron chi connectivity index (χ4n) is 0.448. The SMILES string of the molecule is COC(=O)/C=C(\Cl)CC(=O)OC. The monoisotopic (exact) mass is 192 g/mol. The van der Waals surface area contributed by atoms with E-state index in [9.17, 15) is 9.59 Å². The van der Waals surface area contributed by atoms with Gasteiger partial charge >= 0.3 is 11.9 Å². The van der Waals surface area contributed by atoms with E-state index < -0.39 is 11.9 Å². The molecule has 12 heavy (non-hydrogen) atoms. The highest BCUT2D eigenvalue weighted by Crippen LogP contribution is 2.07. The molecule has 0 unspecified atom stereocenters. The molecule has 0 N–H and O–H groups in total. The number of hydrogen-bond donors (Lipinski definition) is 0. The summed E-state index contributed by atoms with van der Waals surface area (Å²) in [6.45, 7) is 0. The van der Waals surface area contributed by atoms with Gasteiger partial charge in [0, 0.05) is 11.1 Å². The van der Waals surface area contributed by atoms with E-state index in [1.165, 1.54) is 14.2 Å². The first-order chi connectivity index (χ1) is 5.60. The summed E-state index contributed by atoms with van der Waals surface area (Å²) < 4.78 is 8.60. The molecular formula is C7H9ClO4. The smallest absolute Gasteiger partial charge is 0.331 e. The number of hydrogen-bond acceptors (Lipinski definition) is 4. The minimum Gasteiger partial charge on any atom is -0.469 e. The average molecular weight is 193 g/mol. The van der Waals surface area contributed by atoms with Crippen LogP contribution in [0, 0.1) is 0 Å². The third-order valence-electron chi connectivity index (χ3n) is 1.02. The van der Waals surface area contributed by atoms with E-state index in [2.05, 4.69) is 9.47 Å². The topological polar surface area (TPSA) is 52.6 Å². The maximum absolute atomic E-state index is 10.6. The minimum absolute atomic E-state index is 0.0914. The van der Waals surface area contributed by atoms with E-state index in [-0.39, 0.29) is 11.5 Å². The van der Waals surface area contributed by atoms with Crippen LogP contribution in [-0.4, -0.2) is 26.2 Å². The molecule has 0 rings (SSSR count). The Morgan fingerprint density at radius 2 is 1.92 bits per heavy atom. The van der Waals surface area contributed by atoms with Gasteiger partial charge in [-0.3, -0.25) is 4.79 Å². The Balaban J connectivity index is 4.02. The van der Waals surface area contributed by atoms with E-state index in [1.807, 2.05) is 0 Å². The standard InChI is InChI=1S/C7H9ClO4/c1-11-6(9)3-5(8)4-7(10)12-2/h3H,4H2,1-2H3/b5-3-. The first kappa shape index (κ1) is 11.0. The molecule has 0 amide bonds. The van der Waals surface area contributed by atoms with Crippen LogP contribution >= 0.6 is 11.6 Å². The molecule has 0 aromatic rings. The number of esters is 2. The minimum atomic E-state index is -0.594. The largest absolute Gasteiger partial charge is 0.469 e. The van der Waals surface area contributed by atoms with Crippen LogP contribution in [0.15, 0.2) is 11.1 Å². The van der Waals surface area contributed by atoms with Crippen LogP contribution in [0.1, 0.15) is 6.42 Å². The second kappa shape index (κ2) is 5.60. The molecule has 0 aliphatic rings. The van der Waals surface area contributed by atoms with Gasteiger partial charge in [-0.25, -0.2) is 4.79 Å². The van der Waals surface area contributed by atoms with Gasteiger partial charge in [-0.2, -0.15) is 0 Å². The summed E-state index contributed by atoms with van der Waals surface area (Å²) in [5.74, 6) is -1.09. The van der Waals surface area contributed by atoms with Crippen molar-refractivity contribution in [2.75, 3.05) is 14.2 Å². The molecule has 0 radical (unpaired) electrons. The predicted molar refractivity (Wildman–Crippen MR) is 42.6 cm³/mol. The quantitative estimate of drug-likeness (QED) is 0.491. The maximum Gasteiger partial charge on any atom is 0.331 e. The molecule has 4 nitrogen and oxygen atoms in total. The lowest BCUT2D eigenvalue weighted by molar-refractivity contribution is -0.139. The molecule has 0 saturated heterocycles. The molecule has 0 aromatic heterocycles. The van der Waals surface area contributed by atoms with Crippen LogP contribution in [0.3, 0.4) is 0 Å². The van der Waals surface area contributed by atoms with E-state index in [4.69, 9.17) is 11.6 Å². The van der Waals surface area contributed by atoms with Crippen molar-refractivity contribution >= 4 is 23.5 Å². The summed E-state index contributed by atoms with van der Waals surface area (Å²) in [7, 11) is 2.46. The molecule has 68 valence electrons. The van der Waals surface area contributed by atoms with Crippen molar-refractivity contribution in [3.63, 3.8) is 0 Å². The summed E-state index contributed by atoms with van der Waals surface area (Å²) in [5, 5.41) is 0.0914. The Kier molecular flexibility index (Phi) is 5.12. The first-order valence-corrected chi connectivity index (χ1v) is 3.48. The number of ether oxygens (including phenoxy) is 2. The van der Waals surface area contributed by atoms with E-state index in [0.717, 1.165) is 6.08 Å². The third kappa shape index (κ3) is 4.73. The summed E-state index contributed by atoms with van der Waals surface area (Å²) >= 11 is 5.49. The average Bonchev–Trinajstić information content (AvgIpc) is 2.03. The summed E-state index contributed by atoms with van der Waals surface area (Å²) in [6, 6.07) is 0. The molecule has 0 bridgehead atoms. The zero-order valence-electron chi connectivity index (χ0n) is 6.80. The summed E-state index contributed by atoms with van der Waals surface area (Å²) in [5.41, 5.74) is 0. The molecule has 0 spiro atoms. The molecule has 0 aliphatic carbocycles. The van der Waals surface area contributed by atoms with Crippen LogP contribution < -0.4 is 0 Å². The van der Waals surface area contributed by atoms with Gasteiger partial charge in [0.2, 0.25) is 0 Å². The lowest BCUT2D eigenvalue weighted by atomic mass is 10.4. The number of methoxy groups -OCH3 is 2. The van der Waals surface area contributed by atoms with Crippen molar-refractivity contribution in [3.8, 4) is 0 Å². The van der Waals surface area contributed by atoms with E-state index >= 15 is 0 Å². The molecule has 0 aliphatic heterocycles. The molecule has 0 saturated carbocycles. The molecule has 0 fully saturated rings. The molecule has 5 heteroatoms. The van der Waals surface area contributed by atoms with Gasteiger partial charge in [0.25, 0.3) is 0 Å². The fourth-order valence-corrected chi connectivity index (χ4v) is 0.646. The second-order valence-electron chi connectivity index (χ2n) is 1.87. The number of rotatable bonds is 3. The van der Waals surface area contributed by atoms with Gasteiger partial charge in [-0.1, -0.05) is 11.6 Å². The number of halogens is 1. The molecule has 0 heterocycles. The summed E-state index contributed by atoms with van der Waals surface area (Å²) in [4.78, 5) is 21.1. The summed E-state index contributed by atoms with van der Waals surface area (Å²) in [6.07, 6.45) is 0.908. The van der Waals surface area contributed by atoms with Crippen LogP contribution in [0.5, 0.6) is 0 Å². The Labute approximate surface area is 75.1 Å². The van der Waals surface area contributed by atoms with Crippen molar-refractivity contribution in [3.05, 3.63) is 11.1 Å². The van der Waals surface area contributed by atoms with Crippen molar-refractivity contribution in [1.82, 2.24) is 0 Å². The van der Waals surface area contributed by atoms with Crippen LogP contribution in [0.2, 0.25) is 0 Å². The number of carbonyl (C=O) groups excluding carboxylic acids is 2. The maximum atomic E-state index is 10.6. The van der Waals surface area contributed by atoms with E-state index in [0.29, 0.717) is 0 Å². The van der Waals surface area contributed by atoms with Crippen molar-refractivity contribution in [1.29, 1.82) is 0 Å². The lowest BCUT2D eigenvalue weighted by Crippen LogP contribution is -2.01. The van der Waals surface area contributed by atoms with Gasteiger partial charge in [-0.15, -0.1) is 0 Å². The molecule has 0 atom stereocenters. The second-order valence-corrected chi connectivity index (χ2v) is 2.35. The van der Waals surface area contributed by atoms with Crippen LogP contribution in [-0.2, 0) is 19.1 Å². The molecular weight excluding hydrogens is 184 g/mol. The highest BCUT2D eigenvalue weighted by molar-refractivity contribution is 6.31. The first-order valence-electron chi connectivity index (χ1n) is 3.11. The van der Waals surface area contributed by atoms with Crippen molar-refractivity contribution in [2.45, 2.75) is 6.42 Å². The van der Waals surface area contributed by atoms with Gasteiger partial charge in [0.15, 0.2) is 0 Å². The van der Waals surface area contributed by atoms with Crippen LogP contribution in [0.25, 0.3) is 0 Å². The van der Waals surface area contributed by atoms with Gasteiger partial charge in [0.1, 0.15) is 0 Å². The van der Waals surface area contributed by atoms with Gasteiger partial charge in [-0.05, 0) is 0 Å². The number of carbonyl (C=O) groups is 2. The highest BCUT2D eigenvalue weighted by Gasteiger charge is 2.05. The third-order valence-corrected chi connectivity index (χ3v) is 1.26. The van der Waals surface area contributed by atoms with E-state index in [1.54, 1.807) is 0 Å². The zero-order valence-corrected chi connectivity index (χ0v) is 7.55. The molecule has 0 aromatic carbocycles. The zero-order chi connectivity index (χ0) is 9.56. The van der Waals surface area contributed by atoms with Crippen molar-refractivity contribution < 1.29 is 19.1 Å². The Morgan fingerprint density at radius 1 is 1.33 bits per heavy atom. The fraction of sp³-hybridized carbons (Fsp3) is 0.429. The van der Waals surface area contributed by atoms with Gasteiger partial charge < -0.3 is 9.47 Å². The van der Waals surface area contributed by atoms with Gasteiger partial charge in [0.05, 0.1) is 20.6 Å².